The van der Waals surface area contributed by atoms with E-state index in [4.69, 9.17) is 23.2 Å². The number of halogens is 3. The van der Waals surface area contributed by atoms with Crippen molar-refractivity contribution in [2.24, 2.45) is 0 Å². The van der Waals surface area contributed by atoms with Crippen molar-refractivity contribution in [1.82, 2.24) is 10.2 Å². The first kappa shape index (κ1) is 18.9. The number of carbonyl (C=O) groups is 1. The Hall–Kier alpha value is -0.480. The number of likely N-dealkylation sites (N-methyl/N-ethyl adjacent to an activating group) is 1. The van der Waals surface area contributed by atoms with Crippen LogP contribution in [0.15, 0.2) is 18.2 Å². The van der Waals surface area contributed by atoms with E-state index in [2.05, 4.69) is 5.32 Å². The van der Waals surface area contributed by atoms with Crippen LogP contribution in [0.3, 0.4) is 0 Å². The van der Waals surface area contributed by atoms with Crippen molar-refractivity contribution in [3.63, 3.8) is 0 Å². The molecule has 1 N–H and O–H groups in total. The Morgan fingerprint density at radius 3 is 2.57 bits per heavy atom. The van der Waals surface area contributed by atoms with Gasteiger partial charge in [0.15, 0.2) is 0 Å². The quantitative estimate of drug-likeness (QED) is 0.862. The summed E-state index contributed by atoms with van der Waals surface area (Å²) >= 11 is 12.2. The normalized spacial score (nSPS) is 22.9. The Labute approximate surface area is 154 Å². The average molecular weight is 378 g/mol. The summed E-state index contributed by atoms with van der Waals surface area (Å²) in [4.78, 5) is 15.2. The molecule has 1 aromatic rings. The number of hydrogen-bond acceptors (Lipinski definition) is 2. The molecule has 128 valence electrons. The van der Waals surface area contributed by atoms with Gasteiger partial charge >= 0.3 is 0 Å². The van der Waals surface area contributed by atoms with Crippen molar-refractivity contribution in [3.05, 3.63) is 33.8 Å². The van der Waals surface area contributed by atoms with E-state index >= 15 is 0 Å². The van der Waals surface area contributed by atoms with Crippen LogP contribution in [0, 0.1) is 0 Å². The van der Waals surface area contributed by atoms with E-state index in [-0.39, 0.29) is 23.7 Å². The number of amides is 1. The Kier molecular flexibility index (Phi) is 6.23. The van der Waals surface area contributed by atoms with Gasteiger partial charge in [-0.2, -0.15) is 0 Å². The molecule has 3 rings (SSSR count). The van der Waals surface area contributed by atoms with Gasteiger partial charge in [-0.25, -0.2) is 0 Å². The molecule has 1 atom stereocenters. The molecule has 1 aliphatic carbocycles. The second kappa shape index (κ2) is 7.60. The van der Waals surface area contributed by atoms with Gasteiger partial charge in [0.2, 0.25) is 5.91 Å². The molecule has 0 spiro atoms. The molecule has 2 fully saturated rings. The Morgan fingerprint density at radius 1 is 1.26 bits per heavy atom. The molecule has 0 bridgehead atoms. The summed E-state index contributed by atoms with van der Waals surface area (Å²) in [6.45, 7) is 1.67. The van der Waals surface area contributed by atoms with Gasteiger partial charge in [-0.3, -0.25) is 4.79 Å². The van der Waals surface area contributed by atoms with Gasteiger partial charge in [-0.15, -0.1) is 12.4 Å². The monoisotopic (exact) mass is 376 g/mol. The minimum Gasteiger partial charge on any atom is -0.340 e. The highest BCUT2D eigenvalue weighted by molar-refractivity contribution is 6.42. The summed E-state index contributed by atoms with van der Waals surface area (Å²) in [5, 5.41) is 4.37. The van der Waals surface area contributed by atoms with Crippen LogP contribution in [-0.4, -0.2) is 37.0 Å². The number of piperidine rings is 1. The molecular formula is C17H23Cl3N2O. The summed E-state index contributed by atoms with van der Waals surface area (Å²) < 4.78 is 0. The summed E-state index contributed by atoms with van der Waals surface area (Å²) in [7, 11) is 1.97. The number of hydrogen-bond donors (Lipinski definition) is 1. The highest BCUT2D eigenvalue weighted by Crippen LogP contribution is 2.46. The van der Waals surface area contributed by atoms with Crippen molar-refractivity contribution < 1.29 is 4.79 Å². The summed E-state index contributed by atoms with van der Waals surface area (Å²) in [5.41, 5.74) is 0.633. The zero-order valence-electron chi connectivity index (χ0n) is 13.3. The van der Waals surface area contributed by atoms with Crippen LogP contribution in [0.2, 0.25) is 10.0 Å². The minimum atomic E-state index is -0.385. The SMILES string of the molecule is CNC1CCCN(C(=O)C2(c3ccc(Cl)c(Cl)c3)CCC2)C1.Cl. The third kappa shape index (κ3) is 3.48. The van der Waals surface area contributed by atoms with Gasteiger partial charge in [0.25, 0.3) is 0 Å². The van der Waals surface area contributed by atoms with E-state index in [1.165, 1.54) is 0 Å². The lowest BCUT2D eigenvalue weighted by Gasteiger charge is -2.46. The van der Waals surface area contributed by atoms with E-state index < -0.39 is 0 Å². The maximum atomic E-state index is 13.2. The summed E-state index contributed by atoms with van der Waals surface area (Å²) in [6, 6.07) is 6.05. The standard InChI is InChI=1S/C17H22Cl2N2O.ClH/c1-20-13-4-2-9-21(11-13)16(22)17(7-3-8-17)12-5-6-14(18)15(19)10-12;/h5-6,10,13,20H,2-4,7-9,11H2,1H3;1H. The third-order valence-corrected chi connectivity index (χ3v) is 5.94. The van der Waals surface area contributed by atoms with E-state index in [0.29, 0.717) is 16.1 Å². The lowest BCUT2D eigenvalue weighted by atomic mass is 9.63. The van der Waals surface area contributed by atoms with E-state index in [0.717, 1.165) is 50.8 Å². The van der Waals surface area contributed by atoms with Gasteiger partial charge in [0, 0.05) is 19.1 Å². The average Bonchev–Trinajstić information content (AvgIpc) is 2.49. The highest BCUT2D eigenvalue weighted by atomic mass is 35.5. The van der Waals surface area contributed by atoms with Gasteiger partial charge < -0.3 is 10.2 Å². The number of benzene rings is 1. The maximum absolute atomic E-state index is 13.2. The molecule has 6 heteroatoms. The molecule has 0 radical (unpaired) electrons. The van der Waals surface area contributed by atoms with Crippen LogP contribution < -0.4 is 5.32 Å². The van der Waals surface area contributed by atoms with E-state index in [1.54, 1.807) is 6.07 Å². The molecule has 0 aromatic heterocycles. The number of carbonyl (C=O) groups excluding carboxylic acids is 1. The highest BCUT2D eigenvalue weighted by Gasteiger charge is 2.48. The summed E-state index contributed by atoms with van der Waals surface area (Å²) in [6.07, 6.45) is 5.11. The maximum Gasteiger partial charge on any atom is 0.233 e. The van der Waals surface area contributed by atoms with Crippen LogP contribution in [0.25, 0.3) is 0 Å². The molecule has 1 unspecified atom stereocenters. The van der Waals surface area contributed by atoms with Crippen LogP contribution in [0.1, 0.15) is 37.7 Å². The lowest BCUT2D eigenvalue weighted by molar-refractivity contribution is -0.142. The number of nitrogens with zero attached hydrogens (tertiary/aromatic N) is 1. The second-order valence-corrected chi connectivity index (χ2v) is 7.26. The van der Waals surface area contributed by atoms with Gasteiger partial charge in [0.1, 0.15) is 0 Å². The molecule has 1 saturated carbocycles. The number of likely N-dealkylation sites (tertiary alicyclic amines) is 1. The fourth-order valence-electron chi connectivity index (χ4n) is 3.65. The molecule has 1 heterocycles. The smallest absolute Gasteiger partial charge is 0.233 e. The van der Waals surface area contributed by atoms with Crippen molar-refractivity contribution in [2.75, 3.05) is 20.1 Å². The predicted molar refractivity (Wildman–Crippen MR) is 97.9 cm³/mol. The molecule has 23 heavy (non-hydrogen) atoms. The Morgan fingerprint density at radius 2 is 2.00 bits per heavy atom. The van der Waals surface area contributed by atoms with Gasteiger partial charge in [-0.05, 0) is 50.4 Å². The molecular weight excluding hydrogens is 355 g/mol. The second-order valence-electron chi connectivity index (χ2n) is 6.44. The molecule has 2 aliphatic rings. The lowest BCUT2D eigenvalue weighted by Crippen LogP contribution is -2.55. The van der Waals surface area contributed by atoms with Crippen molar-refractivity contribution in [3.8, 4) is 0 Å². The van der Waals surface area contributed by atoms with Crippen LogP contribution >= 0.6 is 35.6 Å². The topological polar surface area (TPSA) is 32.3 Å². The van der Waals surface area contributed by atoms with Gasteiger partial charge in [-0.1, -0.05) is 35.7 Å². The number of rotatable bonds is 3. The van der Waals surface area contributed by atoms with Crippen molar-refractivity contribution in [2.45, 2.75) is 43.6 Å². The minimum absolute atomic E-state index is 0. The molecule has 3 nitrogen and oxygen atoms in total. The summed E-state index contributed by atoms with van der Waals surface area (Å²) in [5.74, 6) is 0.261. The Balaban J connectivity index is 0.00000192. The zero-order valence-corrected chi connectivity index (χ0v) is 15.6. The fourth-order valence-corrected chi connectivity index (χ4v) is 3.95. The number of nitrogens with one attached hydrogen (secondary N) is 1. The van der Waals surface area contributed by atoms with Crippen LogP contribution in [0.4, 0.5) is 0 Å². The van der Waals surface area contributed by atoms with Gasteiger partial charge in [0.05, 0.1) is 15.5 Å². The predicted octanol–water partition coefficient (Wildman–Crippen LogP) is 4.05. The van der Waals surface area contributed by atoms with Crippen LogP contribution in [0.5, 0.6) is 0 Å². The molecule has 1 saturated heterocycles. The molecule has 1 amide bonds. The van der Waals surface area contributed by atoms with E-state index in [9.17, 15) is 4.79 Å². The third-order valence-electron chi connectivity index (χ3n) is 5.21. The van der Waals surface area contributed by atoms with E-state index in [1.807, 2.05) is 24.1 Å². The van der Waals surface area contributed by atoms with Crippen LogP contribution in [-0.2, 0) is 10.2 Å². The van der Waals surface area contributed by atoms with Crippen molar-refractivity contribution in [1.29, 1.82) is 0 Å². The fraction of sp³-hybridized carbons (Fsp3) is 0.588. The van der Waals surface area contributed by atoms with Crippen molar-refractivity contribution >= 4 is 41.5 Å². The first-order chi connectivity index (χ1) is 10.6. The zero-order chi connectivity index (χ0) is 15.7. The first-order valence-corrected chi connectivity index (χ1v) is 8.74. The molecule has 1 aromatic carbocycles. The Bertz CT molecular complexity index is 575. The molecule has 1 aliphatic heterocycles. The largest absolute Gasteiger partial charge is 0.340 e. The first-order valence-electron chi connectivity index (χ1n) is 7.99.